The Morgan fingerprint density at radius 3 is 2.83 bits per heavy atom. The summed E-state index contributed by atoms with van der Waals surface area (Å²) >= 11 is 1.29. The van der Waals surface area contributed by atoms with Gasteiger partial charge in [-0.1, -0.05) is 0 Å². The topological polar surface area (TPSA) is 46.5 Å². The maximum absolute atomic E-state index is 10.6. The normalized spacial score (nSPS) is 9.92. The molecule has 1 rings (SSSR count). The average molecular weight is 186 g/mol. The second kappa shape index (κ2) is 3.69. The smallest absolute Gasteiger partial charge is 0.308 e. The number of aliphatic hydroxyl groups excluding tert-OH is 1. The molecular weight excluding hydrogens is 176 g/mol. The highest BCUT2D eigenvalue weighted by atomic mass is 32.1. The summed E-state index contributed by atoms with van der Waals surface area (Å²) < 4.78 is 4.90. The molecule has 4 heteroatoms. The van der Waals surface area contributed by atoms with Gasteiger partial charge in [-0.3, -0.25) is 4.79 Å². The van der Waals surface area contributed by atoms with Gasteiger partial charge in [0.2, 0.25) is 0 Å². The highest BCUT2D eigenvalue weighted by Gasteiger charge is 2.07. The van der Waals surface area contributed by atoms with Gasteiger partial charge in [-0.05, 0) is 13.0 Å². The molecule has 0 aromatic carbocycles. The molecule has 0 fully saturated rings. The van der Waals surface area contributed by atoms with Gasteiger partial charge >= 0.3 is 5.97 Å². The molecule has 12 heavy (non-hydrogen) atoms. The number of carbonyl (C=O) groups is 1. The first-order valence-corrected chi connectivity index (χ1v) is 4.33. The van der Waals surface area contributed by atoms with Gasteiger partial charge in [0.15, 0.2) is 5.06 Å². The fourth-order valence-electron chi connectivity index (χ4n) is 0.839. The van der Waals surface area contributed by atoms with Crippen LogP contribution in [0.1, 0.15) is 17.4 Å². The Bertz CT molecular complexity index is 290. The van der Waals surface area contributed by atoms with Crippen molar-refractivity contribution in [3.63, 3.8) is 0 Å². The van der Waals surface area contributed by atoms with E-state index in [0.29, 0.717) is 5.06 Å². The van der Waals surface area contributed by atoms with Gasteiger partial charge in [-0.15, -0.1) is 11.3 Å². The summed E-state index contributed by atoms with van der Waals surface area (Å²) in [6.07, 6.45) is 0. The van der Waals surface area contributed by atoms with Gasteiger partial charge < -0.3 is 9.84 Å². The van der Waals surface area contributed by atoms with Crippen LogP contribution in [-0.2, 0) is 11.4 Å². The largest absolute Gasteiger partial charge is 0.415 e. The lowest BCUT2D eigenvalue weighted by atomic mass is 10.3. The minimum Gasteiger partial charge on any atom is -0.415 e. The van der Waals surface area contributed by atoms with E-state index >= 15 is 0 Å². The van der Waals surface area contributed by atoms with Crippen molar-refractivity contribution in [1.29, 1.82) is 0 Å². The van der Waals surface area contributed by atoms with Gasteiger partial charge in [0.1, 0.15) is 0 Å². The second-order valence-corrected chi connectivity index (χ2v) is 3.53. The van der Waals surface area contributed by atoms with E-state index in [1.165, 1.54) is 18.3 Å². The van der Waals surface area contributed by atoms with Crippen LogP contribution in [0.4, 0.5) is 0 Å². The SMILES string of the molecule is CC(=O)Oc1sc(CO)cc1C. The molecule has 0 saturated carbocycles. The molecule has 0 radical (unpaired) electrons. The van der Waals surface area contributed by atoms with Crippen molar-refractivity contribution < 1.29 is 14.6 Å². The number of hydrogen-bond donors (Lipinski definition) is 1. The third kappa shape index (κ3) is 2.06. The zero-order chi connectivity index (χ0) is 9.14. The van der Waals surface area contributed by atoms with Crippen LogP contribution in [-0.4, -0.2) is 11.1 Å². The lowest BCUT2D eigenvalue weighted by molar-refractivity contribution is -0.131. The number of carbonyl (C=O) groups excluding carboxylic acids is 1. The van der Waals surface area contributed by atoms with Crippen LogP contribution in [0.5, 0.6) is 5.06 Å². The predicted octanol–water partition coefficient (Wildman–Crippen LogP) is 1.47. The zero-order valence-corrected chi connectivity index (χ0v) is 7.77. The van der Waals surface area contributed by atoms with Crippen molar-refractivity contribution >= 4 is 17.3 Å². The van der Waals surface area contributed by atoms with Crippen molar-refractivity contribution in [3.8, 4) is 5.06 Å². The molecule has 0 aliphatic carbocycles. The number of aliphatic hydroxyl groups is 1. The van der Waals surface area contributed by atoms with Crippen LogP contribution in [0.3, 0.4) is 0 Å². The predicted molar refractivity (Wildman–Crippen MR) is 46.3 cm³/mol. The highest BCUT2D eigenvalue weighted by Crippen LogP contribution is 2.29. The van der Waals surface area contributed by atoms with E-state index in [-0.39, 0.29) is 12.6 Å². The van der Waals surface area contributed by atoms with E-state index in [9.17, 15) is 4.79 Å². The van der Waals surface area contributed by atoms with Gasteiger partial charge in [-0.2, -0.15) is 0 Å². The summed E-state index contributed by atoms with van der Waals surface area (Å²) in [6, 6.07) is 1.81. The molecule has 0 spiro atoms. The zero-order valence-electron chi connectivity index (χ0n) is 6.96. The summed E-state index contributed by atoms with van der Waals surface area (Å²) in [5, 5.41) is 9.35. The fourth-order valence-corrected chi connectivity index (χ4v) is 1.76. The summed E-state index contributed by atoms with van der Waals surface area (Å²) in [6.45, 7) is 3.19. The van der Waals surface area contributed by atoms with E-state index in [0.717, 1.165) is 10.4 Å². The number of aryl methyl sites for hydroxylation is 1. The Hall–Kier alpha value is -0.870. The molecule has 0 unspecified atom stereocenters. The highest BCUT2D eigenvalue weighted by molar-refractivity contribution is 7.14. The molecule has 0 atom stereocenters. The molecule has 0 bridgehead atoms. The van der Waals surface area contributed by atoms with Gasteiger partial charge in [0.25, 0.3) is 0 Å². The van der Waals surface area contributed by atoms with Crippen LogP contribution in [0.15, 0.2) is 6.07 Å². The quantitative estimate of drug-likeness (QED) is 0.711. The summed E-state index contributed by atoms with van der Waals surface area (Å²) in [5.41, 5.74) is 0.888. The Morgan fingerprint density at radius 2 is 2.42 bits per heavy atom. The molecule has 66 valence electrons. The first-order chi connectivity index (χ1) is 5.63. The summed E-state index contributed by atoms with van der Waals surface area (Å²) in [5.74, 6) is -0.329. The maximum Gasteiger partial charge on any atom is 0.308 e. The van der Waals surface area contributed by atoms with Crippen LogP contribution in [0.2, 0.25) is 0 Å². The molecule has 0 aliphatic heterocycles. The van der Waals surface area contributed by atoms with Crippen LogP contribution < -0.4 is 4.74 Å². The van der Waals surface area contributed by atoms with Gasteiger partial charge in [0.05, 0.1) is 6.61 Å². The third-order valence-electron chi connectivity index (χ3n) is 1.32. The molecule has 1 heterocycles. The number of esters is 1. The molecule has 1 aromatic heterocycles. The van der Waals surface area contributed by atoms with Crippen molar-refractivity contribution in [1.82, 2.24) is 0 Å². The monoisotopic (exact) mass is 186 g/mol. The van der Waals surface area contributed by atoms with Gasteiger partial charge in [0, 0.05) is 17.4 Å². The molecule has 1 N–H and O–H groups in total. The number of ether oxygens (including phenoxy) is 1. The number of rotatable bonds is 2. The minimum absolute atomic E-state index is 0.00717. The Morgan fingerprint density at radius 1 is 1.75 bits per heavy atom. The molecule has 0 aliphatic rings. The molecular formula is C8H10O3S. The minimum atomic E-state index is -0.329. The standard InChI is InChI=1S/C8H10O3S/c1-5-3-7(4-9)12-8(5)11-6(2)10/h3,9H,4H2,1-2H3. The molecule has 3 nitrogen and oxygen atoms in total. The van der Waals surface area contributed by atoms with E-state index in [1.54, 1.807) is 0 Å². The molecule has 0 amide bonds. The fraction of sp³-hybridized carbons (Fsp3) is 0.375. The van der Waals surface area contributed by atoms with Crippen molar-refractivity contribution in [2.24, 2.45) is 0 Å². The van der Waals surface area contributed by atoms with E-state index in [4.69, 9.17) is 9.84 Å². The molecule has 0 saturated heterocycles. The lowest BCUT2D eigenvalue weighted by Gasteiger charge is -1.96. The second-order valence-electron chi connectivity index (χ2n) is 2.43. The summed E-state index contributed by atoms with van der Waals surface area (Å²) in [4.78, 5) is 11.4. The molecule has 1 aromatic rings. The van der Waals surface area contributed by atoms with Crippen LogP contribution >= 0.6 is 11.3 Å². The number of thiophene rings is 1. The van der Waals surface area contributed by atoms with E-state index in [1.807, 2.05) is 13.0 Å². The average Bonchev–Trinajstić information content (AvgIpc) is 2.31. The Balaban J connectivity index is 2.84. The summed E-state index contributed by atoms with van der Waals surface area (Å²) in [7, 11) is 0. The van der Waals surface area contributed by atoms with Crippen molar-refractivity contribution in [2.45, 2.75) is 20.5 Å². The lowest BCUT2D eigenvalue weighted by Crippen LogP contribution is -2.00. The maximum atomic E-state index is 10.6. The third-order valence-corrected chi connectivity index (χ3v) is 2.42. The van der Waals surface area contributed by atoms with E-state index < -0.39 is 0 Å². The van der Waals surface area contributed by atoms with Gasteiger partial charge in [-0.25, -0.2) is 0 Å². The Kier molecular flexibility index (Phi) is 2.83. The van der Waals surface area contributed by atoms with Crippen LogP contribution in [0, 0.1) is 6.92 Å². The van der Waals surface area contributed by atoms with E-state index in [2.05, 4.69) is 0 Å². The van der Waals surface area contributed by atoms with Crippen molar-refractivity contribution in [2.75, 3.05) is 0 Å². The Labute approximate surface area is 74.6 Å². The first kappa shape index (κ1) is 9.22. The number of hydrogen-bond acceptors (Lipinski definition) is 4. The van der Waals surface area contributed by atoms with Crippen molar-refractivity contribution in [3.05, 3.63) is 16.5 Å². The first-order valence-electron chi connectivity index (χ1n) is 3.52. The van der Waals surface area contributed by atoms with Crippen LogP contribution in [0.25, 0.3) is 0 Å².